The Morgan fingerprint density at radius 1 is 1.35 bits per heavy atom. The second-order valence-electron chi connectivity index (χ2n) is 6.95. The van der Waals surface area contributed by atoms with E-state index in [1.165, 1.54) is 29.5 Å². The van der Waals surface area contributed by atoms with E-state index in [4.69, 9.17) is 16.3 Å². The molecule has 2 aromatic rings. The molecule has 0 atom stereocenters. The molecule has 26 heavy (non-hydrogen) atoms. The lowest BCUT2D eigenvalue weighted by molar-refractivity contribution is -0.0190. The van der Waals surface area contributed by atoms with Gasteiger partial charge in [-0.3, -0.25) is 5.32 Å². The lowest BCUT2D eigenvalue weighted by Crippen LogP contribution is -2.50. The molecule has 5 nitrogen and oxygen atoms in total. The largest absolute Gasteiger partial charge is 0.449 e. The number of thiazole rings is 1. The fraction of sp³-hybridized carbons (Fsp3) is 0.444. The highest BCUT2D eigenvalue weighted by atomic mass is 35.5. The topological polar surface area (TPSA) is 54.5 Å². The van der Waals surface area contributed by atoms with Gasteiger partial charge in [0.05, 0.1) is 17.0 Å². The zero-order valence-electron chi connectivity index (χ0n) is 14.1. The molecular weight excluding hydrogens is 377 g/mol. The molecule has 1 N–H and O–H groups in total. The van der Waals surface area contributed by atoms with E-state index in [0.29, 0.717) is 22.1 Å². The highest BCUT2D eigenvalue weighted by molar-refractivity contribution is 7.13. The zero-order valence-corrected chi connectivity index (χ0v) is 15.7. The Morgan fingerprint density at radius 2 is 2.08 bits per heavy atom. The summed E-state index contributed by atoms with van der Waals surface area (Å²) >= 11 is 7.20. The van der Waals surface area contributed by atoms with Crippen molar-refractivity contribution in [3.8, 4) is 10.4 Å². The minimum absolute atomic E-state index is 0.107. The molecule has 0 spiro atoms. The summed E-state index contributed by atoms with van der Waals surface area (Å²) in [6.07, 6.45) is 2.64. The predicted octanol–water partition coefficient (Wildman–Crippen LogP) is 4.64. The van der Waals surface area contributed by atoms with E-state index in [9.17, 15) is 9.18 Å². The van der Waals surface area contributed by atoms with Gasteiger partial charge in [-0.15, -0.1) is 11.3 Å². The van der Waals surface area contributed by atoms with Crippen LogP contribution in [0.3, 0.4) is 0 Å². The van der Waals surface area contributed by atoms with Crippen LogP contribution in [0.2, 0.25) is 5.02 Å². The molecule has 2 bridgehead atoms. The van der Waals surface area contributed by atoms with Gasteiger partial charge >= 0.3 is 6.09 Å². The Kier molecular flexibility index (Phi) is 4.86. The van der Waals surface area contributed by atoms with E-state index < -0.39 is 11.9 Å². The standard InChI is InChI=1S/C18H19ClFN3O2S/c19-12-1-2-14(20)13(9-12)15-16(21-11-26-15)22-17(24)25-10-18-3-6-23(7-4-18)8-5-18/h1-2,9,11H,3-8,10H2,(H,22,24). The first-order valence-electron chi connectivity index (χ1n) is 8.60. The maximum Gasteiger partial charge on any atom is 0.412 e. The second kappa shape index (κ2) is 7.13. The lowest BCUT2D eigenvalue weighted by Gasteiger charge is -2.47. The van der Waals surface area contributed by atoms with Gasteiger partial charge < -0.3 is 9.64 Å². The number of rotatable bonds is 4. The normalized spacial score (nSPS) is 24.5. The molecule has 0 aliphatic carbocycles. The smallest absolute Gasteiger partial charge is 0.412 e. The Balaban J connectivity index is 1.42. The first-order valence-corrected chi connectivity index (χ1v) is 9.86. The number of ether oxygens (including phenoxy) is 1. The van der Waals surface area contributed by atoms with Crippen LogP contribution in [0.25, 0.3) is 10.4 Å². The van der Waals surface area contributed by atoms with Crippen molar-refractivity contribution in [3.05, 3.63) is 34.5 Å². The molecule has 1 amide bonds. The number of hydrogen-bond donors (Lipinski definition) is 1. The van der Waals surface area contributed by atoms with Crippen LogP contribution in [-0.4, -0.2) is 42.2 Å². The van der Waals surface area contributed by atoms with E-state index in [1.807, 2.05) is 0 Å². The average Bonchev–Trinajstić information content (AvgIpc) is 3.11. The Labute approximate surface area is 160 Å². The number of aromatic nitrogens is 1. The van der Waals surface area contributed by atoms with Crippen LogP contribution in [0.15, 0.2) is 23.7 Å². The van der Waals surface area contributed by atoms with Crippen molar-refractivity contribution in [2.75, 3.05) is 31.6 Å². The summed E-state index contributed by atoms with van der Waals surface area (Å²) in [4.78, 5) is 19.4. The molecule has 1 aromatic carbocycles. The van der Waals surface area contributed by atoms with Crippen molar-refractivity contribution in [2.45, 2.75) is 19.3 Å². The third-order valence-electron chi connectivity index (χ3n) is 5.35. The van der Waals surface area contributed by atoms with Crippen molar-refractivity contribution >= 4 is 34.8 Å². The van der Waals surface area contributed by atoms with Crippen LogP contribution in [0.4, 0.5) is 15.0 Å². The van der Waals surface area contributed by atoms with E-state index in [-0.39, 0.29) is 11.2 Å². The molecule has 0 saturated carbocycles. The summed E-state index contributed by atoms with van der Waals surface area (Å²) in [6.45, 7) is 3.65. The molecule has 138 valence electrons. The maximum absolute atomic E-state index is 14.1. The number of amides is 1. The number of carbonyl (C=O) groups excluding carboxylic acids is 1. The van der Waals surface area contributed by atoms with E-state index in [0.717, 1.165) is 38.9 Å². The van der Waals surface area contributed by atoms with Crippen LogP contribution in [-0.2, 0) is 4.74 Å². The van der Waals surface area contributed by atoms with Gasteiger partial charge in [0.15, 0.2) is 5.82 Å². The van der Waals surface area contributed by atoms with Gasteiger partial charge in [0.2, 0.25) is 0 Å². The number of piperidine rings is 3. The van der Waals surface area contributed by atoms with Gasteiger partial charge in [0, 0.05) is 16.0 Å². The second-order valence-corrected chi connectivity index (χ2v) is 8.24. The molecule has 4 heterocycles. The van der Waals surface area contributed by atoms with Gasteiger partial charge in [-0.2, -0.15) is 0 Å². The van der Waals surface area contributed by atoms with Crippen LogP contribution in [0.5, 0.6) is 0 Å². The molecule has 0 unspecified atom stereocenters. The Bertz CT molecular complexity index is 807. The fourth-order valence-corrected chi connectivity index (χ4v) is 4.60. The third-order valence-corrected chi connectivity index (χ3v) is 6.44. The van der Waals surface area contributed by atoms with Crippen LogP contribution >= 0.6 is 22.9 Å². The number of hydrogen-bond acceptors (Lipinski definition) is 5. The third kappa shape index (κ3) is 3.56. The monoisotopic (exact) mass is 395 g/mol. The number of nitrogens with one attached hydrogen (secondary N) is 1. The molecule has 3 fully saturated rings. The van der Waals surface area contributed by atoms with Gasteiger partial charge in [-0.1, -0.05) is 11.6 Å². The first-order chi connectivity index (χ1) is 12.5. The Morgan fingerprint density at radius 3 is 2.81 bits per heavy atom. The Hall–Kier alpha value is -1.70. The highest BCUT2D eigenvalue weighted by Crippen LogP contribution is 2.40. The summed E-state index contributed by atoms with van der Waals surface area (Å²) in [5.41, 5.74) is 1.98. The molecule has 3 aliphatic heterocycles. The number of benzene rings is 1. The van der Waals surface area contributed by atoms with Gasteiger partial charge in [-0.05, 0) is 57.1 Å². The van der Waals surface area contributed by atoms with E-state index in [2.05, 4.69) is 15.2 Å². The van der Waals surface area contributed by atoms with E-state index in [1.54, 1.807) is 5.51 Å². The van der Waals surface area contributed by atoms with Crippen molar-refractivity contribution in [3.63, 3.8) is 0 Å². The molecular formula is C18H19ClFN3O2S. The van der Waals surface area contributed by atoms with Gasteiger partial charge in [-0.25, -0.2) is 14.2 Å². The van der Waals surface area contributed by atoms with Crippen molar-refractivity contribution in [1.82, 2.24) is 9.88 Å². The van der Waals surface area contributed by atoms with Gasteiger partial charge in [0.1, 0.15) is 5.82 Å². The quantitative estimate of drug-likeness (QED) is 0.819. The summed E-state index contributed by atoms with van der Waals surface area (Å²) in [5.74, 6) is -0.125. The summed E-state index contributed by atoms with van der Waals surface area (Å²) in [6, 6.07) is 4.31. The lowest BCUT2D eigenvalue weighted by atomic mass is 9.73. The highest BCUT2D eigenvalue weighted by Gasteiger charge is 2.40. The van der Waals surface area contributed by atoms with Crippen LogP contribution in [0.1, 0.15) is 19.3 Å². The molecule has 3 saturated heterocycles. The van der Waals surface area contributed by atoms with E-state index >= 15 is 0 Å². The number of nitrogens with zero attached hydrogens (tertiary/aromatic N) is 2. The molecule has 5 rings (SSSR count). The van der Waals surface area contributed by atoms with Crippen molar-refractivity contribution in [2.24, 2.45) is 5.41 Å². The summed E-state index contributed by atoms with van der Waals surface area (Å²) in [7, 11) is 0. The molecule has 3 aliphatic rings. The number of anilines is 1. The SMILES string of the molecule is O=C(Nc1ncsc1-c1cc(Cl)ccc1F)OCC12CCN(CC1)CC2. The minimum Gasteiger partial charge on any atom is -0.449 e. The zero-order chi connectivity index (χ0) is 18.1. The first kappa shape index (κ1) is 17.7. The summed E-state index contributed by atoms with van der Waals surface area (Å²) in [5, 5.41) is 3.07. The fourth-order valence-electron chi connectivity index (χ4n) is 3.66. The maximum atomic E-state index is 14.1. The molecule has 1 aromatic heterocycles. The van der Waals surface area contributed by atoms with Crippen molar-refractivity contribution in [1.29, 1.82) is 0 Å². The molecule has 0 radical (unpaired) electrons. The van der Waals surface area contributed by atoms with Crippen LogP contribution < -0.4 is 5.32 Å². The van der Waals surface area contributed by atoms with Crippen LogP contribution in [0, 0.1) is 11.2 Å². The minimum atomic E-state index is -0.554. The number of fused-ring (bicyclic) bond motifs is 3. The van der Waals surface area contributed by atoms with Gasteiger partial charge in [0.25, 0.3) is 0 Å². The molecule has 8 heteroatoms. The van der Waals surface area contributed by atoms with Crippen molar-refractivity contribution < 1.29 is 13.9 Å². The number of carbonyl (C=O) groups is 1. The summed E-state index contributed by atoms with van der Waals surface area (Å²) < 4.78 is 19.6. The average molecular weight is 396 g/mol. The predicted molar refractivity (Wildman–Crippen MR) is 100 cm³/mol. The number of halogens is 2.